The number of nitrogens with zero attached hydrogens (tertiary/aromatic N) is 1. The number of benzene rings is 2. The number of rotatable bonds is 9. The number of nitrogens with one attached hydrogen (secondary N) is 1. The molecule has 0 aromatic heterocycles. The molecule has 3 N–H and O–H groups in total. The monoisotopic (exact) mass is 517 g/mol. The number of sulfone groups is 1. The number of nitrogens with two attached hydrogens (primary N) is 1. The van der Waals surface area contributed by atoms with Crippen LogP contribution in [0.5, 0.6) is 0 Å². The predicted octanol–water partition coefficient (Wildman–Crippen LogP) is 3.43. The molecule has 1 atom stereocenters. The van der Waals surface area contributed by atoms with Gasteiger partial charge in [0.2, 0.25) is 0 Å². The molecule has 0 aliphatic carbocycles. The fourth-order valence-corrected chi connectivity index (χ4v) is 5.91. The summed E-state index contributed by atoms with van der Waals surface area (Å²) in [5, 5.41) is 2.53. The van der Waals surface area contributed by atoms with Crippen LogP contribution in [0.1, 0.15) is 33.5 Å². The number of carbonyl (C=O) groups excluding carboxylic acids is 1. The first-order chi connectivity index (χ1) is 16.0. The van der Waals surface area contributed by atoms with E-state index in [1.165, 1.54) is 24.3 Å². The highest BCUT2D eigenvalue weighted by molar-refractivity contribution is 7.91. The minimum Gasteiger partial charge on any atom is -0.348 e. The lowest BCUT2D eigenvalue weighted by Gasteiger charge is -2.20. The van der Waals surface area contributed by atoms with Gasteiger partial charge in [-0.15, -0.1) is 11.6 Å². The number of alkyl halides is 4. The number of amides is 1. The van der Waals surface area contributed by atoms with E-state index in [1.54, 1.807) is 12.1 Å². The molecular formula is C23H27ClF3N3O3S. The first-order valence-corrected chi connectivity index (χ1v) is 13.0. The van der Waals surface area contributed by atoms with Crippen molar-refractivity contribution in [3.05, 3.63) is 64.7 Å². The molecule has 34 heavy (non-hydrogen) atoms. The number of hydrogen-bond donors (Lipinski definition) is 2. The number of carbonyl (C=O) groups is 1. The molecule has 0 saturated carbocycles. The van der Waals surface area contributed by atoms with Gasteiger partial charge in [-0.25, -0.2) is 8.42 Å². The van der Waals surface area contributed by atoms with Gasteiger partial charge in [0.15, 0.2) is 9.84 Å². The first kappa shape index (κ1) is 26.5. The summed E-state index contributed by atoms with van der Waals surface area (Å²) in [6.45, 7) is 1.78. The van der Waals surface area contributed by atoms with Crippen LogP contribution in [0.4, 0.5) is 13.2 Å². The molecule has 2 aromatic carbocycles. The molecule has 0 unspecified atom stereocenters. The smallest absolute Gasteiger partial charge is 0.348 e. The second-order valence-corrected chi connectivity index (χ2v) is 10.7. The van der Waals surface area contributed by atoms with Crippen LogP contribution in [0.3, 0.4) is 0 Å². The largest absolute Gasteiger partial charge is 0.416 e. The molecule has 11 heteroatoms. The summed E-state index contributed by atoms with van der Waals surface area (Å²) in [5.74, 6) is -0.805. The highest BCUT2D eigenvalue weighted by Crippen LogP contribution is 2.34. The van der Waals surface area contributed by atoms with Gasteiger partial charge in [-0.3, -0.25) is 9.69 Å². The van der Waals surface area contributed by atoms with Crippen LogP contribution >= 0.6 is 11.6 Å². The molecule has 1 saturated heterocycles. The standard InChI is InChI=1S/C23H27ClF3N3O3S/c24-8-10-34(32,33)21-4-2-1-3-18(21)13-29-22(31)17-5-6-19(20(11-17)23(25,26)27)15-30-9-7-16(12-28)14-30/h1-6,11,16H,7-10,12-15,28H2,(H,29,31)/t16-/m0/s1. The molecule has 0 radical (unpaired) electrons. The van der Waals surface area contributed by atoms with E-state index in [4.69, 9.17) is 17.3 Å². The average molecular weight is 518 g/mol. The summed E-state index contributed by atoms with van der Waals surface area (Å²) < 4.78 is 66.1. The Morgan fingerprint density at radius 2 is 1.91 bits per heavy atom. The lowest BCUT2D eigenvalue weighted by atomic mass is 10.0. The van der Waals surface area contributed by atoms with Gasteiger partial charge in [-0.1, -0.05) is 24.3 Å². The lowest BCUT2D eigenvalue weighted by Crippen LogP contribution is -2.26. The Labute approximate surface area is 202 Å². The van der Waals surface area contributed by atoms with Crippen LogP contribution in [0.2, 0.25) is 0 Å². The van der Waals surface area contributed by atoms with E-state index in [9.17, 15) is 26.4 Å². The molecular weight excluding hydrogens is 491 g/mol. The SMILES string of the molecule is NC[C@@H]1CCN(Cc2ccc(C(=O)NCc3ccccc3S(=O)(=O)CCCl)cc2C(F)(F)F)C1. The fourth-order valence-electron chi connectivity index (χ4n) is 4.05. The number of halogens is 4. The normalized spacial score (nSPS) is 17.1. The maximum absolute atomic E-state index is 13.8. The minimum absolute atomic E-state index is 0.0312. The van der Waals surface area contributed by atoms with Gasteiger partial charge in [-0.05, 0) is 54.8 Å². The van der Waals surface area contributed by atoms with E-state index in [2.05, 4.69) is 5.32 Å². The van der Waals surface area contributed by atoms with Crippen LogP contribution < -0.4 is 11.1 Å². The zero-order valence-electron chi connectivity index (χ0n) is 18.4. The van der Waals surface area contributed by atoms with Crippen molar-refractivity contribution >= 4 is 27.3 Å². The van der Waals surface area contributed by atoms with Crippen LogP contribution in [0, 0.1) is 5.92 Å². The van der Waals surface area contributed by atoms with E-state index in [-0.39, 0.29) is 46.7 Å². The van der Waals surface area contributed by atoms with E-state index in [0.29, 0.717) is 25.2 Å². The zero-order chi connectivity index (χ0) is 24.9. The summed E-state index contributed by atoms with van der Waals surface area (Å²) in [5.41, 5.74) is 5.08. The molecule has 6 nitrogen and oxygen atoms in total. The van der Waals surface area contributed by atoms with Crippen molar-refractivity contribution in [3.8, 4) is 0 Å². The number of hydrogen-bond acceptors (Lipinski definition) is 5. The molecule has 0 spiro atoms. The van der Waals surface area contributed by atoms with Crippen molar-refractivity contribution in [2.75, 3.05) is 31.3 Å². The second-order valence-electron chi connectivity index (χ2n) is 8.29. The highest BCUT2D eigenvalue weighted by Gasteiger charge is 2.35. The molecule has 0 bridgehead atoms. The Kier molecular flexibility index (Phi) is 8.62. The average Bonchev–Trinajstić information content (AvgIpc) is 3.24. The van der Waals surface area contributed by atoms with Crippen LogP contribution in [0.25, 0.3) is 0 Å². The highest BCUT2D eigenvalue weighted by atomic mass is 35.5. The summed E-state index contributed by atoms with van der Waals surface area (Å²) in [6, 6.07) is 9.64. The second kappa shape index (κ2) is 11.1. The van der Waals surface area contributed by atoms with Crippen LogP contribution in [-0.2, 0) is 29.1 Å². The Morgan fingerprint density at radius 1 is 1.18 bits per heavy atom. The van der Waals surface area contributed by atoms with Gasteiger partial charge in [-0.2, -0.15) is 13.2 Å². The van der Waals surface area contributed by atoms with Gasteiger partial charge >= 0.3 is 6.18 Å². The Balaban J connectivity index is 1.77. The minimum atomic E-state index is -4.62. The van der Waals surface area contributed by atoms with Gasteiger partial charge in [0, 0.05) is 31.1 Å². The Hall–Kier alpha value is -2.14. The zero-order valence-corrected chi connectivity index (χ0v) is 20.0. The van der Waals surface area contributed by atoms with Crippen molar-refractivity contribution in [1.29, 1.82) is 0 Å². The molecule has 1 aliphatic heterocycles. The summed E-state index contributed by atoms with van der Waals surface area (Å²) in [7, 11) is -3.65. The molecule has 1 heterocycles. The number of likely N-dealkylation sites (tertiary alicyclic amines) is 1. The van der Waals surface area contributed by atoms with Crippen molar-refractivity contribution in [1.82, 2.24) is 10.2 Å². The quantitative estimate of drug-likeness (QED) is 0.497. The van der Waals surface area contributed by atoms with Gasteiger partial charge in [0.1, 0.15) is 0 Å². The molecule has 2 aromatic rings. The van der Waals surface area contributed by atoms with E-state index in [0.717, 1.165) is 12.5 Å². The molecule has 1 fully saturated rings. The van der Waals surface area contributed by atoms with E-state index >= 15 is 0 Å². The Morgan fingerprint density at radius 3 is 2.56 bits per heavy atom. The summed E-state index contributed by atoms with van der Waals surface area (Å²) in [4.78, 5) is 14.6. The lowest BCUT2D eigenvalue weighted by molar-refractivity contribution is -0.138. The van der Waals surface area contributed by atoms with Crippen molar-refractivity contribution in [3.63, 3.8) is 0 Å². The van der Waals surface area contributed by atoms with E-state index in [1.807, 2.05) is 4.90 Å². The van der Waals surface area contributed by atoms with Gasteiger partial charge in [0.05, 0.1) is 16.2 Å². The third-order valence-corrected chi connectivity index (χ3v) is 8.09. The third-order valence-electron chi connectivity index (χ3n) is 5.87. The summed E-state index contributed by atoms with van der Waals surface area (Å²) in [6.07, 6.45) is -3.78. The van der Waals surface area contributed by atoms with Crippen LogP contribution in [0.15, 0.2) is 47.4 Å². The van der Waals surface area contributed by atoms with E-state index < -0.39 is 27.5 Å². The molecule has 3 rings (SSSR count). The van der Waals surface area contributed by atoms with Crippen molar-refractivity contribution in [2.24, 2.45) is 11.7 Å². The van der Waals surface area contributed by atoms with Gasteiger partial charge in [0.25, 0.3) is 5.91 Å². The molecule has 186 valence electrons. The molecule has 1 aliphatic rings. The van der Waals surface area contributed by atoms with Crippen molar-refractivity contribution < 1.29 is 26.4 Å². The topological polar surface area (TPSA) is 92.5 Å². The molecule has 1 amide bonds. The predicted molar refractivity (Wildman–Crippen MR) is 124 cm³/mol. The van der Waals surface area contributed by atoms with Gasteiger partial charge < -0.3 is 11.1 Å². The summed E-state index contributed by atoms with van der Waals surface area (Å²) >= 11 is 5.58. The first-order valence-electron chi connectivity index (χ1n) is 10.8. The van der Waals surface area contributed by atoms with Crippen LogP contribution in [-0.4, -0.2) is 50.5 Å². The maximum atomic E-state index is 13.8. The third kappa shape index (κ3) is 6.50. The maximum Gasteiger partial charge on any atom is 0.416 e. The van der Waals surface area contributed by atoms with Crippen molar-refractivity contribution in [2.45, 2.75) is 30.6 Å². The fraction of sp³-hybridized carbons (Fsp3) is 0.435. The Bertz CT molecular complexity index is 1130.